The molecule has 0 amide bonds. The van der Waals surface area contributed by atoms with Crippen LogP contribution in [0.1, 0.15) is 31.7 Å². The highest BCUT2D eigenvalue weighted by Gasteiger charge is 2.27. The van der Waals surface area contributed by atoms with E-state index in [9.17, 15) is 4.39 Å². The van der Waals surface area contributed by atoms with Gasteiger partial charge >= 0.3 is 0 Å². The van der Waals surface area contributed by atoms with Crippen LogP contribution < -0.4 is 5.32 Å². The maximum atomic E-state index is 12.8. The molecule has 0 aliphatic heterocycles. The van der Waals surface area contributed by atoms with Crippen molar-refractivity contribution in [1.29, 1.82) is 0 Å². The fourth-order valence-corrected chi connectivity index (χ4v) is 3.00. The quantitative estimate of drug-likeness (QED) is 0.843. The van der Waals surface area contributed by atoms with Crippen LogP contribution in [0, 0.1) is 17.7 Å². The van der Waals surface area contributed by atoms with Crippen molar-refractivity contribution in [2.45, 2.75) is 38.6 Å². The first-order chi connectivity index (χ1) is 8.19. The van der Waals surface area contributed by atoms with Crippen LogP contribution in [0.5, 0.6) is 0 Å². The molecule has 0 heterocycles. The van der Waals surface area contributed by atoms with Crippen molar-refractivity contribution in [1.82, 2.24) is 5.32 Å². The summed E-state index contributed by atoms with van der Waals surface area (Å²) < 4.78 is 12.8. The number of rotatable bonds is 4. The van der Waals surface area contributed by atoms with Gasteiger partial charge in [0, 0.05) is 6.04 Å². The van der Waals surface area contributed by atoms with Crippen LogP contribution in [0.3, 0.4) is 0 Å². The maximum absolute atomic E-state index is 12.8. The van der Waals surface area contributed by atoms with Gasteiger partial charge in [-0.3, -0.25) is 0 Å². The maximum Gasteiger partial charge on any atom is 0.123 e. The Morgan fingerprint density at radius 3 is 2.53 bits per heavy atom. The molecule has 2 heteroatoms. The van der Waals surface area contributed by atoms with Gasteiger partial charge in [0.25, 0.3) is 0 Å². The SMILES string of the molecule is CNC(Cc1ccc(F)cc1)C1CCC(C)C1. The molecule has 0 spiro atoms. The molecule has 1 fully saturated rings. The minimum absolute atomic E-state index is 0.149. The highest BCUT2D eigenvalue weighted by Crippen LogP contribution is 2.33. The summed E-state index contributed by atoms with van der Waals surface area (Å²) in [5, 5.41) is 3.43. The summed E-state index contributed by atoms with van der Waals surface area (Å²) in [6, 6.07) is 7.44. The first-order valence-electron chi connectivity index (χ1n) is 6.60. The Hall–Kier alpha value is -0.890. The minimum atomic E-state index is -0.149. The Morgan fingerprint density at radius 1 is 1.29 bits per heavy atom. The van der Waals surface area contributed by atoms with Crippen LogP contribution in [-0.2, 0) is 6.42 Å². The fraction of sp³-hybridized carbons (Fsp3) is 0.600. The van der Waals surface area contributed by atoms with Gasteiger partial charge in [-0.1, -0.05) is 25.5 Å². The second kappa shape index (κ2) is 5.63. The molecule has 3 atom stereocenters. The van der Waals surface area contributed by atoms with E-state index in [0.717, 1.165) is 18.3 Å². The molecule has 0 aromatic heterocycles. The minimum Gasteiger partial charge on any atom is -0.316 e. The van der Waals surface area contributed by atoms with Gasteiger partial charge in [-0.15, -0.1) is 0 Å². The van der Waals surface area contributed by atoms with Gasteiger partial charge in [0.05, 0.1) is 0 Å². The third kappa shape index (κ3) is 3.29. The number of hydrogen-bond acceptors (Lipinski definition) is 1. The van der Waals surface area contributed by atoms with Crippen LogP contribution in [0.25, 0.3) is 0 Å². The fourth-order valence-electron chi connectivity index (χ4n) is 3.00. The van der Waals surface area contributed by atoms with Crippen LogP contribution in [-0.4, -0.2) is 13.1 Å². The predicted molar refractivity (Wildman–Crippen MR) is 69.5 cm³/mol. The highest BCUT2D eigenvalue weighted by atomic mass is 19.1. The lowest BCUT2D eigenvalue weighted by Gasteiger charge is -2.23. The standard InChI is InChI=1S/C15H22FN/c1-11-3-6-13(9-11)15(17-2)10-12-4-7-14(16)8-5-12/h4-5,7-8,11,13,15,17H,3,6,9-10H2,1-2H3. The first kappa shape index (κ1) is 12.6. The van der Waals surface area contributed by atoms with Crippen molar-refractivity contribution in [3.05, 3.63) is 35.6 Å². The average Bonchev–Trinajstić information content (AvgIpc) is 2.75. The van der Waals surface area contributed by atoms with E-state index in [1.807, 2.05) is 19.2 Å². The molecule has 0 bridgehead atoms. The van der Waals surface area contributed by atoms with Crippen molar-refractivity contribution >= 4 is 0 Å². The van der Waals surface area contributed by atoms with E-state index in [1.165, 1.54) is 24.8 Å². The van der Waals surface area contributed by atoms with Crippen molar-refractivity contribution in [2.24, 2.45) is 11.8 Å². The van der Waals surface area contributed by atoms with Crippen molar-refractivity contribution < 1.29 is 4.39 Å². The Bertz CT molecular complexity index is 346. The summed E-state index contributed by atoms with van der Waals surface area (Å²) in [6.07, 6.45) is 5.01. The predicted octanol–water partition coefficient (Wildman–Crippen LogP) is 3.39. The summed E-state index contributed by atoms with van der Waals surface area (Å²) in [4.78, 5) is 0. The van der Waals surface area contributed by atoms with Crippen molar-refractivity contribution in [2.75, 3.05) is 7.05 Å². The summed E-state index contributed by atoms with van der Waals surface area (Å²) in [7, 11) is 2.04. The zero-order valence-electron chi connectivity index (χ0n) is 10.7. The van der Waals surface area contributed by atoms with Gasteiger partial charge in [-0.2, -0.15) is 0 Å². The summed E-state index contributed by atoms with van der Waals surface area (Å²) >= 11 is 0. The molecule has 2 rings (SSSR count). The largest absolute Gasteiger partial charge is 0.316 e. The number of hydrogen-bond donors (Lipinski definition) is 1. The third-order valence-electron chi connectivity index (χ3n) is 4.04. The van der Waals surface area contributed by atoms with E-state index in [-0.39, 0.29) is 5.82 Å². The molecule has 0 saturated heterocycles. The molecule has 1 saturated carbocycles. The van der Waals surface area contributed by atoms with Gasteiger partial charge < -0.3 is 5.32 Å². The zero-order chi connectivity index (χ0) is 12.3. The lowest BCUT2D eigenvalue weighted by atomic mass is 9.91. The average molecular weight is 235 g/mol. The van der Waals surface area contributed by atoms with E-state index in [0.29, 0.717) is 6.04 Å². The Kier molecular flexibility index (Phi) is 4.16. The molecule has 94 valence electrons. The first-order valence-corrected chi connectivity index (χ1v) is 6.60. The molecule has 3 unspecified atom stereocenters. The molecule has 0 radical (unpaired) electrons. The van der Waals surface area contributed by atoms with Gasteiger partial charge in [-0.25, -0.2) is 4.39 Å². The lowest BCUT2D eigenvalue weighted by Crippen LogP contribution is -2.34. The molecule has 1 N–H and O–H groups in total. The summed E-state index contributed by atoms with van der Waals surface area (Å²) in [5.41, 5.74) is 1.23. The normalized spacial score (nSPS) is 26.1. The van der Waals surface area contributed by atoms with Crippen LogP contribution in [0.15, 0.2) is 24.3 Å². The Labute approximate surface area is 103 Å². The molecule has 1 nitrogen and oxygen atoms in total. The van der Waals surface area contributed by atoms with Gasteiger partial charge in [-0.05, 0) is 55.8 Å². The lowest BCUT2D eigenvalue weighted by molar-refractivity contribution is 0.367. The molecule has 1 aromatic rings. The van der Waals surface area contributed by atoms with E-state index in [1.54, 1.807) is 12.1 Å². The number of halogens is 1. The molecular formula is C15H22FN. The summed E-state index contributed by atoms with van der Waals surface area (Å²) in [6.45, 7) is 2.34. The van der Waals surface area contributed by atoms with Crippen LogP contribution in [0.2, 0.25) is 0 Å². The van der Waals surface area contributed by atoms with Crippen molar-refractivity contribution in [3.63, 3.8) is 0 Å². The molecular weight excluding hydrogens is 213 g/mol. The molecule has 1 aliphatic carbocycles. The van der Waals surface area contributed by atoms with Gasteiger partial charge in [0.1, 0.15) is 5.82 Å². The van der Waals surface area contributed by atoms with Crippen LogP contribution >= 0.6 is 0 Å². The number of nitrogens with one attached hydrogen (secondary N) is 1. The highest BCUT2D eigenvalue weighted by molar-refractivity contribution is 5.17. The van der Waals surface area contributed by atoms with E-state index in [4.69, 9.17) is 0 Å². The molecule has 1 aromatic carbocycles. The molecule has 1 aliphatic rings. The molecule has 17 heavy (non-hydrogen) atoms. The second-order valence-corrected chi connectivity index (χ2v) is 5.40. The van der Waals surface area contributed by atoms with Gasteiger partial charge in [0.2, 0.25) is 0 Å². The second-order valence-electron chi connectivity index (χ2n) is 5.40. The van der Waals surface area contributed by atoms with Crippen LogP contribution in [0.4, 0.5) is 4.39 Å². The Morgan fingerprint density at radius 2 is 2.00 bits per heavy atom. The van der Waals surface area contributed by atoms with Gasteiger partial charge in [0.15, 0.2) is 0 Å². The zero-order valence-corrected chi connectivity index (χ0v) is 10.7. The van der Waals surface area contributed by atoms with E-state index in [2.05, 4.69) is 12.2 Å². The van der Waals surface area contributed by atoms with E-state index >= 15 is 0 Å². The third-order valence-corrected chi connectivity index (χ3v) is 4.04. The number of likely N-dealkylation sites (N-methyl/N-ethyl adjacent to an activating group) is 1. The van der Waals surface area contributed by atoms with Crippen molar-refractivity contribution in [3.8, 4) is 0 Å². The Balaban J connectivity index is 1.97. The smallest absolute Gasteiger partial charge is 0.123 e. The number of benzene rings is 1. The topological polar surface area (TPSA) is 12.0 Å². The monoisotopic (exact) mass is 235 g/mol. The summed E-state index contributed by atoms with van der Waals surface area (Å²) in [5.74, 6) is 1.49. The van der Waals surface area contributed by atoms with E-state index < -0.39 is 0 Å².